The van der Waals surface area contributed by atoms with Crippen molar-refractivity contribution in [2.24, 2.45) is 0 Å². The van der Waals surface area contributed by atoms with E-state index in [1.807, 2.05) is 19.1 Å². The molecule has 5 heteroatoms. The van der Waals surface area contributed by atoms with Crippen LogP contribution in [-0.2, 0) is 4.79 Å². The Morgan fingerprint density at radius 3 is 2.82 bits per heavy atom. The second-order valence-corrected chi connectivity index (χ2v) is 4.08. The fourth-order valence-electron chi connectivity index (χ4n) is 2.02. The number of aromatic amines is 1. The monoisotopic (exact) mass is 234 g/mol. The molecule has 0 aliphatic rings. The molecule has 0 amide bonds. The zero-order valence-electron chi connectivity index (χ0n) is 9.73. The number of carbonyl (C=O) groups is 1. The van der Waals surface area contributed by atoms with E-state index in [4.69, 9.17) is 5.11 Å². The number of carboxylic acids is 1. The van der Waals surface area contributed by atoms with Crippen LogP contribution in [0.15, 0.2) is 23.0 Å². The molecular weight excluding hydrogens is 220 g/mol. The molecule has 1 aromatic heterocycles. The molecule has 0 spiro atoms. The van der Waals surface area contributed by atoms with Crippen molar-refractivity contribution in [2.45, 2.75) is 26.3 Å². The van der Waals surface area contributed by atoms with Crippen LogP contribution in [-0.4, -0.2) is 20.6 Å². The molecule has 90 valence electrons. The first kappa shape index (κ1) is 11.4. The van der Waals surface area contributed by atoms with Crippen molar-refractivity contribution in [2.75, 3.05) is 0 Å². The molecule has 0 saturated carbocycles. The van der Waals surface area contributed by atoms with E-state index < -0.39 is 12.0 Å². The van der Waals surface area contributed by atoms with Gasteiger partial charge in [-0.25, -0.2) is 9.59 Å². The van der Waals surface area contributed by atoms with Crippen LogP contribution >= 0.6 is 0 Å². The lowest BCUT2D eigenvalue weighted by atomic mass is 10.2. The number of benzene rings is 1. The topological polar surface area (TPSA) is 75.1 Å². The van der Waals surface area contributed by atoms with Gasteiger partial charge < -0.3 is 10.1 Å². The molecule has 1 unspecified atom stereocenters. The van der Waals surface area contributed by atoms with Gasteiger partial charge in [-0.15, -0.1) is 0 Å². The molecule has 0 radical (unpaired) electrons. The Balaban J connectivity index is 2.72. The molecule has 0 bridgehead atoms. The van der Waals surface area contributed by atoms with Crippen LogP contribution in [0.2, 0.25) is 0 Å². The average Bonchev–Trinajstić information content (AvgIpc) is 2.55. The zero-order valence-corrected chi connectivity index (χ0v) is 9.73. The summed E-state index contributed by atoms with van der Waals surface area (Å²) in [5.74, 6) is -0.990. The molecule has 0 aliphatic carbocycles. The lowest BCUT2D eigenvalue weighted by Gasteiger charge is -2.11. The van der Waals surface area contributed by atoms with Gasteiger partial charge in [0.2, 0.25) is 0 Å². The number of aliphatic carboxylic acids is 1. The number of carboxylic acid groups (broad SMARTS) is 1. The summed E-state index contributed by atoms with van der Waals surface area (Å²) in [4.78, 5) is 25.6. The fraction of sp³-hybridized carbons (Fsp3) is 0.333. The SMILES string of the molecule is CCC(C(=O)O)n1c(=O)[nH]c2cc(C)ccc21. The molecule has 1 atom stereocenters. The summed E-state index contributed by atoms with van der Waals surface area (Å²) in [6.45, 7) is 3.67. The molecule has 0 saturated heterocycles. The van der Waals surface area contributed by atoms with E-state index in [9.17, 15) is 9.59 Å². The van der Waals surface area contributed by atoms with Crippen molar-refractivity contribution in [1.29, 1.82) is 0 Å². The Labute approximate surface area is 97.7 Å². The van der Waals surface area contributed by atoms with Gasteiger partial charge >= 0.3 is 11.7 Å². The van der Waals surface area contributed by atoms with Crippen molar-refractivity contribution in [1.82, 2.24) is 9.55 Å². The summed E-state index contributed by atoms with van der Waals surface area (Å²) >= 11 is 0. The second kappa shape index (κ2) is 4.08. The van der Waals surface area contributed by atoms with Crippen LogP contribution in [0, 0.1) is 6.92 Å². The maximum Gasteiger partial charge on any atom is 0.327 e. The Hall–Kier alpha value is -2.04. The normalized spacial score (nSPS) is 12.8. The number of rotatable bonds is 3. The number of fused-ring (bicyclic) bond motifs is 1. The van der Waals surface area contributed by atoms with Gasteiger partial charge in [-0.3, -0.25) is 4.57 Å². The third-order valence-electron chi connectivity index (χ3n) is 2.86. The van der Waals surface area contributed by atoms with Gasteiger partial charge in [-0.2, -0.15) is 0 Å². The van der Waals surface area contributed by atoms with Crippen LogP contribution in [0.4, 0.5) is 0 Å². The fourth-order valence-corrected chi connectivity index (χ4v) is 2.02. The van der Waals surface area contributed by atoms with Crippen molar-refractivity contribution >= 4 is 17.0 Å². The number of imidazole rings is 1. The van der Waals surface area contributed by atoms with Crippen LogP contribution in [0.1, 0.15) is 24.9 Å². The summed E-state index contributed by atoms with van der Waals surface area (Å²) in [6, 6.07) is 4.65. The summed E-state index contributed by atoms with van der Waals surface area (Å²) in [7, 11) is 0. The summed E-state index contributed by atoms with van der Waals surface area (Å²) < 4.78 is 1.30. The lowest BCUT2D eigenvalue weighted by molar-refractivity contribution is -0.140. The minimum Gasteiger partial charge on any atom is -0.480 e. The highest BCUT2D eigenvalue weighted by molar-refractivity contribution is 5.80. The van der Waals surface area contributed by atoms with E-state index in [2.05, 4.69) is 4.98 Å². The third-order valence-corrected chi connectivity index (χ3v) is 2.86. The molecule has 17 heavy (non-hydrogen) atoms. The van der Waals surface area contributed by atoms with Crippen LogP contribution in [0.25, 0.3) is 11.0 Å². The Kier molecular flexibility index (Phi) is 2.75. The van der Waals surface area contributed by atoms with Gasteiger partial charge in [0.1, 0.15) is 6.04 Å². The number of nitrogens with zero attached hydrogens (tertiary/aromatic N) is 1. The van der Waals surface area contributed by atoms with Crippen molar-refractivity contribution in [3.63, 3.8) is 0 Å². The smallest absolute Gasteiger partial charge is 0.327 e. The highest BCUT2D eigenvalue weighted by atomic mass is 16.4. The van der Waals surface area contributed by atoms with Gasteiger partial charge in [-0.05, 0) is 31.0 Å². The zero-order chi connectivity index (χ0) is 12.6. The first-order chi connectivity index (χ1) is 8.04. The van der Waals surface area contributed by atoms with Crippen molar-refractivity contribution < 1.29 is 9.90 Å². The van der Waals surface area contributed by atoms with Crippen molar-refractivity contribution in [3.05, 3.63) is 34.2 Å². The third kappa shape index (κ3) is 1.84. The van der Waals surface area contributed by atoms with E-state index in [1.54, 1.807) is 13.0 Å². The largest absolute Gasteiger partial charge is 0.480 e. The van der Waals surface area contributed by atoms with Gasteiger partial charge in [-0.1, -0.05) is 13.0 Å². The van der Waals surface area contributed by atoms with E-state index in [1.165, 1.54) is 4.57 Å². The van der Waals surface area contributed by atoms with E-state index >= 15 is 0 Å². The first-order valence-electron chi connectivity index (χ1n) is 5.48. The molecule has 2 N–H and O–H groups in total. The van der Waals surface area contributed by atoms with Crippen LogP contribution in [0.5, 0.6) is 0 Å². The number of hydrogen-bond donors (Lipinski definition) is 2. The maximum atomic E-state index is 11.8. The highest BCUT2D eigenvalue weighted by Crippen LogP contribution is 2.18. The summed E-state index contributed by atoms with van der Waals surface area (Å²) in [5.41, 5.74) is 1.96. The molecule has 2 rings (SSSR count). The maximum absolute atomic E-state index is 11.8. The Morgan fingerprint density at radius 2 is 2.24 bits per heavy atom. The molecule has 1 heterocycles. The number of aryl methyl sites for hydroxylation is 1. The van der Waals surface area contributed by atoms with Gasteiger partial charge in [0.15, 0.2) is 0 Å². The predicted octanol–water partition coefficient (Wildman–Crippen LogP) is 1.67. The number of aromatic nitrogens is 2. The Bertz CT molecular complexity index is 624. The van der Waals surface area contributed by atoms with Crippen LogP contribution in [0.3, 0.4) is 0 Å². The minimum absolute atomic E-state index is 0.371. The minimum atomic E-state index is -0.990. The highest BCUT2D eigenvalue weighted by Gasteiger charge is 2.21. The van der Waals surface area contributed by atoms with E-state index in [0.717, 1.165) is 5.56 Å². The number of hydrogen-bond acceptors (Lipinski definition) is 2. The van der Waals surface area contributed by atoms with Crippen molar-refractivity contribution in [3.8, 4) is 0 Å². The van der Waals surface area contributed by atoms with E-state index in [-0.39, 0.29) is 5.69 Å². The average molecular weight is 234 g/mol. The van der Waals surface area contributed by atoms with Crippen LogP contribution < -0.4 is 5.69 Å². The summed E-state index contributed by atoms with van der Waals surface area (Å²) in [5, 5.41) is 9.11. The predicted molar refractivity (Wildman–Crippen MR) is 64.3 cm³/mol. The molecule has 1 aromatic carbocycles. The van der Waals surface area contributed by atoms with Gasteiger partial charge in [0, 0.05) is 0 Å². The molecule has 0 fully saturated rings. The molecule has 5 nitrogen and oxygen atoms in total. The number of H-pyrrole nitrogens is 1. The first-order valence-corrected chi connectivity index (χ1v) is 5.48. The number of nitrogens with one attached hydrogen (secondary N) is 1. The Morgan fingerprint density at radius 1 is 1.53 bits per heavy atom. The molecule has 2 aromatic rings. The van der Waals surface area contributed by atoms with Gasteiger partial charge in [0.25, 0.3) is 0 Å². The van der Waals surface area contributed by atoms with Gasteiger partial charge in [0.05, 0.1) is 11.0 Å². The summed E-state index contributed by atoms with van der Waals surface area (Å²) in [6.07, 6.45) is 0.371. The standard InChI is InChI=1S/C12H14N2O3/c1-3-9(11(15)16)14-10-5-4-7(2)6-8(10)13-12(14)17/h4-6,9H,3H2,1-2H3,(H,13,17)(H,15,16). The van der Waals surface area contributed by atoms with E-state index in [0.29, 0.717) is 17.5 Å². The molecular formula is C12H14N2O3. The quantitative estimate of drug-likeness (QED) is 0.848. The lowest BCUT2D eigenvalue weighted by Crippen LogP contribution is -2.27. The second-order valence-electron chi connectivity index (χ2n) is 4.08. The molecule has 0 aliphatic heterocycles.